The van der Waals surface area contributed by atoms with E-state index >= 15 is 0 Å². The van der Waals surface area contributed by atoms with Crippen LogP contribution in [0.1, 0.15) is 13.3 Å². The van der Waals surface area contributed by atoms with Gasteiger partial charge in [-0.05, 0) is 18.4 Å². The van der Waals surface area contributed by atoms with Gasteiger partial charge in [0.15, 0.2) is 0 Å². The summed E-state index contributed by atoms with van der Waals surface area (Å²) >= 11 is 6.39. The third kappa shape index (κ3) is 2.03. The standard InChI is InChI=1S/C14H16ClN3/c1-10-6-7-18(9-12(10)15)14-8-16-17-13-5-3-2-4-11(13)14/h2-5,8,10,12H,6-7,9H2,1H3. The van der Waals surface area contributed by atoms with E-state index < -0.39 is 0 Å². The molecule has 0 N–H and O–H groups in total. The third-order valence-corrected chi connectivity index (χ3v) is 4.30. The molecule has 3 rings (SSSR count). The van der Waals surface area contributed by atoms with Gasteiger partial charge in [0, 0.05) is 18.5 Å². The summed E-state index contributed by atoms with van der Waals surface area (Å²) < 4.78 is 0. The molecule has 1 aliphatic rings. The van der Waals surface area contributed by atoms with E-state index in [0.717, 1.165) is 36.1 Å². The number of nitrogens with zero attached hydrogens (tertiary/aromatic N) is 3. The van der Waals surface area contributed by atoms with Gasteiger partial charge >= 0.3 is 0 Å². The van der Waals surface area contributed by atoms with Crippen LogP contribution >= 0.6 is 11.6 Å². The molecular weight excluding hydrogens is 246 g/mol. The zero-order valence-electron chi connectivity index (χ0n) is 10.4. The number of fused-ring (bicyclic) bond motifs is 1. The molecule has 0 bridgehead atoms. The molecule has 2 unspecified atom stereocenters. The molecular formula is C14H16ClN3. The Morgan fingerprint density at radius 2 is 2.17 bits per heavy atom. The van der Waals surface area contributed by atoms with E-state index in [4.69, 9.17) is 11.6 Å². The van der Waals surface area contributed by atoms with Gasteiger partial charge in [0.25, 0.3) is 0 Å². The van der Waals surface area contributed by atoms with E-state index in [-0.39, 0.29) is 5.38 Å². The lowest BCUT2D eigenvalue weighted by molar-refractivity contribution is 0.446. The van der Waals surface area contributed by atoms with Crippen LogP contribution in [0.25, 0.3) is 10.9 Å². The second-order valence-electron chi connectivity index (χ2n) is 4.97. The van der Waals surface area contributed by atoms with E-state index in [2.05, 4.69) is 28.1 Å². The summed E-state index contributed by atoms with van der Waals surface area (Å²) in [4.78, 5) is 2.33. The summed E-state index contributed by atoms with van der Waals surface area (Å²) in [6.45, 7) is 4.15. The monoisotopic (exact) mass is 261 g/mol. The molecule has 2 atom stereocenters. The van der Waals surface area contributed by atoms with Gasteiger partial charge in [-0.15, -0.1) is 11.6 Å². The second kappa shape index (κ2) is 4.73. The SMILES string of the molecule is CC1CCN(c2cnnc3ccccc23)CC1Cl. The van der Waals surface area contributed by atoms with Crippen LogP contribution in [0.15, 0.2) is 30.5 Å². The summed E-state index contributed by atoms with van der Waals surface area (Å²) in [6.07, 6.45) is 2.98. The lowest BCUT2D eigenvalue weighted by Gasteiger charge is -2.35. The molecule has 1 saturated heterocycles. The van der Waals surface area contributed by atoms with Crippen LogP contribution in [0.4, 0.5) is 5.69 Å². The van der Waals surface area contributed by atoms with Crippen LogP contribution in [-0.4, -0.2) is 28.7 Å². The number of hydrogen-bond donors (Lipinski definition) is 0. The molecule has 1 aromatic heterocycles. The highest BCUT2D eigenvalue weighted by atomic mass is 35.5. The van der Waals surface area contributed by atoms with Gasteiger partial charge in [-0.3, -0.25) is 0 Å². The fourth-order valence-corrected chi connectivity index (χ4v) is 2.78. The Kier molecular flexibility index (Phi) is 3.08. The van der Waals surface area contributed by atoms with Gasteiger partial charge in [0.05, 0.1) is 22.8 Å². The van der Waals surface area contributed by atoms with Crippen LogP contribution in [0, 0.1) is 5.92 Å². The number of halogens is 1. The van der Waals surface area contributed by atoms with Crippen molar-refractivity contribution in [1.82, 2.24) is 10.2 Å². The molecule has 0 spiro atoms. The number of anilines is 1. The minimum Gasteiger partial charge on any atom is -0.368 e. The highest BCUT2D eigenvalue weighted by Gasteiger charge is 2.25. The molecule has 4 heteroatoms. The summed E-state index contributed by atoms with van der Waals surface area (Å²) in [6, 6.07) is 8.12. The van der Waals surface area contributed by atoms with Crippen LogP contribution in [0.5, 0.6) is 0 Å². The maximum absolute atomic E-state index is 6.39. The van der Waals surface area contributed by atoms with Gasteiger partial charge in [0.2, 0.25) is 0 Å². The number of benzene rings is 1. The molecule has 1 aromatic carbocycles. The van der Waals surface area contributed by atoms with Gasteiger partial charge in [-0.2, -0.15) is 10.2 Å². The van der Waals surface area contributed by atoms with Crippen LogP contribution in [0.3, 0.4) is 0 Å². The van der Waals surface area contributed by atoms with Gasteiger partial charge in [-0.25, -0.2) is 0 Å². The number of rotatable bonds is 1. The van der Waals surface area contributed by atoms with Crippen molar-refractivity contribution in [1.29, 1.82) is 0 Å². The number of hydrogen-bond acceptors (Lipinski definition) is 3. The smallest absolute Gasteiger partial charge is 0.0950 e. The zero-order chi connectivity index (χ0) is 12.5. The molecule has 1 fully saturated rings. The Hall–Kier alpha value is -1.35. The Balaban J connectivity index is 1.99. The first-order valence-corrected chi connectivity index (χ1v) is 6.79. The first-order chi connectivity index (χ1) is 8.75. The van der Waals surface area contributed by atoms with Crippen molar-refractivity contribution in [2.45, 2.75) is 18.7 Å². The minimum absolute atomic E-state index is 0.214. The predicted octanol–water partition coefficient (Wildman–Crippen LogP) is 3.08. The van der Waals surface area contributed by atoms with Crippen LogP contribution < -0.4 is 4.90 Å². The third-order valence-electron chi connectivity index (χ3n) is 3.73. The van der Waals surface area contributed by atoms with Crippen molar-refractivity contribution in [3.05, 3.63) is 30.5 Å². The van der Waals surface area contributed by atoms with Crippen molar-refractivity contribution >= 4 is 28.2 Å². The Labute approximate surface area is 112 Å². The maximum Gasteiger partial charge on any atom is 0.0950 e. The Bertz CT molecular complexity index is 552. The van der Waals surface area contributed by atoms with Crippen molar-refractivity contribution < 1.29 is 0 Å². The molecule has 0 radical (unpaired) electrons. The van der Waals surface area contributed by atoms with E-state index in [0.29, 0.717) is 5.92 Å². The number of piperidine rings is 1. The Morgan fingerprint density at radius 3 is 3.00 bits per heavy atom. The topological polar surface area (TPSA) is 29.0 Å². The fourth-order valence-electron chi connectivity index (χ4n) is 2.49. The normalized spacial score (nSPS) is 24.4. The first kappa shape index (κ1) is 11.7. The fraction of sp³-hybridized carbons (Fsp3) is 0.429. The second-order valence-corrected chi connectivity index (χ2v) is 5.54. The Morgan fingerprint density at radius 1 is 1.33 bits per heavy atom. The summed E-state index contributed by atoms with van der Waals surface area (Å²) in [5.74, 6) is 0.587. The van der Waals surface area contributed by atoms with Crippen molar-refractivity contribution in [3.63, 3.8) is 0 Å². The highest BCUT2D eigenvalue weighted by molar-refractivity contribution is 6.21. The van der Waals surface area contributed by atoms with Gasteiger partial charge in [0.1, 0.15) is 0 Å². The molecule has 18 heavy (non-hydrogen) atoms. The van der Waals surface area contributed by atoms with E-state index in [1.165, 1.54) is 0 Å². The zero-order valence-corrected chi connectivity index (χ0v) is 11.1. The van der Waals surface area contributed by atoms with Crippen molar-refractivity contribution in [2.24, 2.45) is 5.92 Å². The average Bonchev–Trinajstić information content (AvgIpc) is 2.41. The molecule has 2 heterocycles. The molecule has 0 saturated carbocycles. The molecule has 2 aromatic rings. The average molecular weight is 262 g/mol. The highest BCUT2D eigenvalue weighted by Crippen LogP contribution is 2.30. The van der Waals surface area contributed by atoms with Gasteiger partial charge in [-0.1, -0.05) is 25.1 Å². The predicted molar refractivity (Wildman–Crippen MR) is 75.2 cm³/mol. The maximum atomic E-state index is 6.39. The minimum atomic E-state index is 0.214. The largest absolute Gasteiger partial charge is 0.368 e. The first-order valence-electron chi connectivity index (χ1n) is 6.35. The van der Waals surface area contributed by atoms with E-state index in [1.807, 2.05) is 24.4 Å². The molecule has 1 aliphatic heterocycles. The lowest BCUT2D eigenvalue weighted by atomic mass is 9.98. The number of aromatic nitrogens is 2. The van der Waals surface area contributed by atoms with Crippen molar-refractivity contribution in [3.8, 4) is 0 Å². The van der Waals surface area contributed by atoms with E-state index in [1.54, 1.807) is 0 Å². The molecule has 0 amide bonds. The molecule has 94 valence electrons. The van der Waals surface area contributed by atoms with Crippen molar-refractivity contribution in [2.75, 3.05) is 18.0 Å². The number of alkyl halides is 1. The summed E-state index contributed by atoms with van der Waals surface area (Å²) in [5, 5.41) is 9.63. The van der Waals surface area contributed by atoms with Crippen LogP contribution in [0.2, 0.25) is 0 Å². The lowest BCUT2D eigenvalue weighted by Crippen LogP contribution is -2.40. The summed E-state index contributed by atoms with van der Waals surface area (Å²) in [5.41, 5.74) is 2.10. The van der Waals surface area contributed by atoms with E-state index in [9.17, 15) is 0 Å². The van der Waals surface area contributed by atoms with Crippen LogP contribution in [-0.2, 0) is 0 Å². The summed E-state index contributed by atoms with van der Waals surface area (Å²) in [7, 11) is 0. The molecule has 0 aliphatic carbocycles. The van der Waals surface area contributed by atoms with Gasteiger partial charge < -0.3 is 4.90 Å². The quantitative estimate of drug-likeness (QED) is 0.739. The molecule has 3 nitrogen and oxygen atoms in total.